The van der Waals surface area contributed by atoms with E-state index in [2.05, 4.69) is 35.4 Å². The van der Waals surface area contributed by atoms with E-state index < -0.39 is 29.2 Å². The summed E-state index contributed by atoms with van der Waals surface area (Å²) in [5.74, 6) is -0.298. The third kappa shape index (κ3) is 5.47. The topological polar surface area (TPSA) is 84.5 Å². The van der Waals surface area contributed by atoms with Gasteiger partial charge in [-0.25, -0.2) is 4.79 Å². The summed E-state index contributed by atoms with van der Waals surface area (Å²) in [7, 11) is 0. The largest absolute Gasteiger partial charge is 0.449 e. The van der Waals surface area contributed by atoms with Crippen molar-refractivity contribution in [2.75, 3.05) is 6.61 Å². The van der Waals surface area contributed by atoms with Crippen molar-refractivity contribution in [1.29, 1.82) is 0 Å². The lowest BCUT2D eigenvalue weighted by atomic mass is 9.98. The van der Waals surface area contributed by atoms with Crippen molar-refractivity contribution in [3.8, 4) is 11.1 Å². The van der Waals surface area contributed by atoms with E-state index >= 15 is 0 Å². The number of amides is 2. The molecule has 0 heterocycles. The Hall–Kier alpha value is -2.80. The summed E-state index contributed by atoms with van der Waals surface area (Å²) in [6, 6.07) is 14.6. The minimum Gasteiger partial charge on any atom is -0.449 e. The second-order valence-corrected chi connectivity index (χ2v) is 8.66. The molecule has 0 saturated carbocycles. The molecule has 0 radical (unpaired) electrons. The fourth-order valence-corrected chi connectivity index (χ4v) is 4.04. The van der Waals surface area contributed by atoms with Crippen LogP contribution in [0.5, 0.6) is 0 Å². The second kappa shape index (κ2) is 10.0. The van der Waals surface area contributed by atoms with Crippen LogP contribution < -0.4 is 10.6 Å². The molecule has 0 spiro atoms. The first kappa shape index (κ1) is 22.9. The molecule has 31 heavy (non-hydrogen) atoms. The third-order valence-electron chi connectivity index (χ3n) is 5.39. The maximum absolute atomic E-state index is 12.4. The average Bonchev–Trinajstić information content (AvgIpc) is 3.05. The standard InChI is InChI=1S/C24H28N2O4S/c1-14(2)12-21(23(28)31)26-22(27)15(3)25-24(29)30-13-20-18-10-6-4-8-16(18)17-9-5-7-11-19(17)20/h4-11,14-15,20-21H,12-13H2,1-3H3,(H,25,29)(H,26,27)(H,28,31)/t15-,21-/m0/s1. The van der Waals surface area contributed by atoms with Crippen LogP contribution in [0.2, 0.25) is 0 Å². The normalized spacial score (nSPS) is 14.4. The van der Waals surface area contributed by atoms with Crippen molar-refractivity contribution in [2.45, 2.75) is 45.2 Å². The van der Waals surface area contributed by atoms with Crippen LogP contribution in [0.15, 0.2) is 48.5 Å². The van der Waals surface area contributed by atoms with Gasteiger partial charge in [0.15, 0.2) is 0 Å². The number of carbonyl (C=O) groups excluding carboxylic acids is 3. The van der Waals surface area contributed by atoms with Gasteiger partial charge in [-0.2, -0.15) is 0 Å². The zero-order chi connectivity index (χ0) is 22.5. The highest BCUT2D eigenvalue weighted by Gasteiger charge is 2.29. The van der Waals surface area contributed by atoms with E-state index in [-0.39, 0.29) is 18.4 Å². The molecule has 2 atom stereocenters. The first-order valence-electron chi connectivity index (χ1n) is 10.4. The van der Waals surface area contributed by atoms with Gasteiger partial charge in [-0.1, -0.05) is 62.4 Å². The zero-order valence-corrected chi connectivity index (χ0v) is 18.8. The molecule has 1 aliphatic carbocycles. The van der Waals surface area contributed by atoms with Gasteiger partial charge in [-0.15, -0.1) is 12.6 Å². The van der Waals surface area contributed by atoms with Crippen LogP contribution >= 0.6 is 12.6 Å². The van der Waals surface area contributed by atoms with Crippen molar-refractivity contribution in [3.05, 3.63) is 59.7 Å². The van der Waals surface area contributed by atoms with Gasteiger partial charge in [-0.05, 0) is 41.5 Å². The third-order valence-corrected chi connectivity index (χ3v) is 5.70. The van der Waals surface area contributed by atoms with Gasteiger partial charge >= 0.3 is 6.09 Å². The molecule has 2 aromatic rings. The highest BCUT2D eigenvalue weighted by molar-refractivity contribution is 7.96. The van der Waals surface area contributed by atoms with Crippen LogP contribution in [-0.4, -0.2) is 35.8 Å². The molecule has 7 heteroatoms. The molecule has 164 valence electrons. The summed E-state index contributed by atoms with van der Waals surface area (Å²) in [4.78, 5) is 36.4. The average molecular weight is 441 g/mol. The minimum atomic E-state index is -0.849. The van der Waals surface area contributed by atoms with Gasteiger partial charge in [0.25, 0.3) is 0 Å². The van der Waals surface area contributed by atoms with E-state index in [9.17, 15) is 14.4 Å². The number of fused-ring (bicyclic) bond motifs is 3. The fraction of sp³-hybridized carbons (Fsp3) is 0.375. The zero-order valence-electron chi connectivity index (χ0n) is 17.9. The highest BCUT2D eigenvalue weighted by Crippen LogP contribution is 2.44. The van der Waals surface area contributed by atoms with Crippen molar-refractivity contribution in [3.63, 3.8) is 0 Å². The van der Waals surface area contributed by atoms with Crippen LogP contribution in [0.4, 0.5) is 4.79 Å². The second-order valence-electron chi connectivity index (χ2n) is 8.22. The van der Waals surface area contributed by atoms with Crippen molar-refractivity contribution in [1.82, 2.24) is 10.6 Å². The van der Waals surface area contributed by atoms with Gasteiger partial charge in [0, 0.05) is 5.92 Å². The van der Waals surface area contributed by atoms with E-state index in [4.69, 9.17) is 4.74 Å². The number of rotatable bonds is 8. The lowest BCUT2D eigenvalue weighted by molar-refractivity contribution is -0.126. The Kier molecular flexibility index (Phi) is 7.38. The molecule has 0 fully saturated rings. The highest BCUT2D eigenvalue weighted by atomic mass is 32.1. The lowest BCUT2D eigenvalue weighted by Gasteiger charge is -2.21. The van der Waals surface area contributed by atoms with Crippen LogP contribution in [0, 0.1) is 5.92 Å². The molecular weight excluding hydrogens is 412 g/mol. The Morgan fingerprint density at radius 3 is 2.00 bits per heavy atom. The molecule has 0 aromatic heterocycles. The van der Waals surface area contributed by atoms with Gasteiger partial charge in [0.2, 0.25) is 11.0 Å². The van der Waals surface area contributed by atoms with E-state index in [1.165, 1.54) is 0 Å². The summed E-state index contributed by atoms with van der Waals surface area (Å²) < 4.78 is 5.47. The van der Waals surface area contributed by atoms with E-state index in [1.54, 1.807) is 6.92 Å². The Morgan fingerprint density at radius 1 is 0.935 bits per heavy atom. The van der Waals surface area contributed by atoms with E-state index in [0.29, 0.717) is 6.42 Å². The molecule has 1 aliphatic rings. The van der Waals surface area contributed by atoms with Gasteiger partial charge < -0.3 is 15.4 Å². The first-order valence-corrected chi connectivity index (χ1v) is 10.9. The predicted octanol–water partition coefficient (Wildman–Crippen LogP) is 3.90. The molecule has 0 aliphatic heterocycles. The number of hydrogen-bond acceptors (Lipinski definition) is 4. The maximum Gasteiger partial charge on any atom is 0.407 e. The number of ether oxygens (including phenoxy) is 1. The quantitative estimate of drug-likeness (QED) is 0.544. The minimum absolute atomic E-state index is 0.0560. The molecule has 2 aromatic carbocycles. The molecule has 0 unspecified atom stereocenters. The van der Waals surface area contributed by atoms with Gasteiger partial charge in [0.05, 0.1) is 6.04 Å². The number of thiol groups is 1. The molecular formula is C24H28N2O4S. The molecule has 2 N–H and O–H groups in total. The molecule has 0 bridgehead atoms. The van der Waals surface area contributed by atoms with E-state index in [1.807, 2.05) is 50.2 Å². The molecule has 6 nitrogen and oxygen atoms in total. The Labute approximate surface area is 188 Å². The molecule has 3 rings (SSSR count). The molecule has 2 amide bonds. The fourth-order valence-electron chi connectivity index (χ4n) is 3.87. The number of alkyl carbamates (subject to hydrolysis) is 1. The van der Waals surface area contributed by atoms with Crippen LogP contribution in [0.1, 0.15) is 44.2 Å². The SMILES string of the molecule is CC(C)C[C@H](NC(=O)[C@H](C)NC(=O)OCC1c2ccccc2-c2ccccc21)C(=O)S. The van der Waals surface area contributed by atoms with Crippen molar-refractivity contribution < 1.29 is 19.1 Å². The monoisotopic (exact) mass is 440 g/mol. The van der Waals surface area contributed by atoms with Gasteiger partial charge in [-0.3, -0.25) is 9.59 Å². The summed E-state index contributed by atoms with van der Waals surface area (Å²) in [6.07, 6.45) is -0.201. The predicted molar refractivity (Wildman–Crippen MR) is 123 cm³/mol. The van der Waals surface area contributed by atoms with Crippen molar-refractivity contribution in [2.24, 2.45) is 5.92 Å². The number of hydrogen-bond donors (Lipinski definition) is 3. The van der Waals surface area contributed by atoms with Crippen LogP contribution in [-0.2, 0) is 14.3 Å². The Morgan fingerprint density at radius 2 is 1.48 bits per heavy atom. The van der Waals surface area contributed by atoms with E-state index in [0.717, 1.165) is 22.3 Å². The molecule has 0 saturated heterocycles. The summed E-state index contributed by atoms with van der Waals surface area (Å²) in [6.45, 7) is 5.62. The van der Waals surface area contributed by atoms with Crippen molar-refractivity contribution >= 4 is 29.7 Å². The maximum atomic E-state index is 12.4. The summed E-state index contributed by atoms with van der Waals surface area (Å²) in [5.41, 5.74) is 4.53. The van der Waals surface area contributed by atoms with Crippen LogP contribution in [0.25, 0.3) is 11.1 Å². The lowest BCUT2D eigenvalue weighted by Crippen LogP contribution is -2.50. The number of benzene rings is 2. The van der Waals surface area contributed by atoms with Gasteiger partial charge in [0.1, 0.15) is 12.6 Å². The van der Waals surface area contributed by atoms with Crippen LogP contribution in [0.3, 0.4) is 0 Å². The number of nitrogens with one attached hydrogen (secondary N) is 2. The summed E-state index contributed by atoms with van der Waals surface area (Å²) >= 11 is 3.84. The number of carbonyl (C=O) groups is 3. The first-order chi connectivity index (χ1) is 14.8. The summed E-state index contributed by atoms with van der Waals surface area (Å²) in [5, 5.41) is 4.77. The Bertz CT molecular complexity index is 930. The smallest absolute Gasteiger partial charge is 0.407 e. The Balaban J connectivity index is 1.58.